The number of Topliss-reactive ketones (excluding diaryl/α,β-unsaturated/α-hetero) is 1. The number of hydrogen-bond acceptors (Lipinski definition) is 6. The average Bonchev–Trinajstić information content (AvgIpc) is 3.11. The topological polar surface area (TPSA) is 62.5 Å². The van der Waals surface area contributed by atoms with Gasteiger partial charge in [-0.25, -0.2) is 4.39 Å². The van der Waals surface area contributed by atoms with Crippen LogP contribution in [0.15, 0.2) is 22.7 Å². The van der Waals surface area contributed by atoms with Crippen molar-refractivity contribution in [2.75, 3.05) is 31.1 Å². The number of carbonyl (C=O) groups excluding carboxylic acids is 1. The van der Waals surface area contributed by atoms with Gasteiger partial charge in [0.2, 0.25) is 5.89 Å². The molecule has 2 heterocycles. The molecule has 0 amide bonds. The van der Waals surface area contributed by atoms with E-state index in [0.29, 0.717) is 36.1 Å². The van der Waals surface area contributed by atoms with Crippen molar-refractivity contribution >= 4 is 11.5 Å². The van der Waals surface area contributed by atoms with Gasteiger partial charge in [-0.3, -0.25) is 9.69 Å². The summed E-state index contributed by atoms with van der Waals surface area (Å²) in [5.41, 5.74) is 0.790. The molecule has 6 nitrogen and oxygen atoms in total. The molecule has 0 aliphatic carbocycles. The minimum Gasteiger partial charge on any atom is -0.367 e. The summed E-state index contributed by atoms with van der Waals surface area (Å²) in [6.07, 6.45) is 0. The quantitative estimate of drug-likeness (QED) is 0.762. The number of nitrogens with zero attached hydrogens (tertiary/aromatic N) is 4. The van der Waals surface area contributed by atoms with E-state index in [1.165, 1.54) is 13.0 Å². The van der Waals surface area contributed by atoms with Gasteiger partial charge in [-0.05, 0) is 32.0 Å². The number of carbonyl (C=O) groups is 1. The Hall–Kier alpha value is -2.28. The first-order valence-electron chi connectivity index (χ1n) is 9.30. The molecule has 0 bridgehead atoms. The van der Waals surface area contributed by atoms with E-state index in [2.05, 4.69) is 42.7 Å². The summed E-state index contributed by atoms with van der Waals surface area (Å²) in [4.78, 5) is 20.2. The van der Waals surface area contributed by atoms with Crippen LogP contribution in [-0.4, -0.2) is 47.0 Å². The molecule has 7 heteroatoms. The summed E-state index contributed by atoms with van der Waals surface area (Å²) >= 11 is 0. The smallest absolute Gasteiger partial charge is 0.243 e. The van der Waals surface area contributed by atoms with Crippen molar-refractivity contribution in [3.8, 4) is 0 Å². The minimum absolute atomic E-state index is 0.0145. The highest BCUT2D eigenvalue weighted by Crippen LogP contribution is 2.27. The van der Waals surface area contributed by atoms with Crippen molar-refractivity contribution in [1.82, 2.24) is 15.0 Å². The number of hydrogen-bond donors (Lipinski definition) is 0. The van der Waals surface area contributed by atoms with Crippen molar-refractivity contribution in [2.45, 2.75) is 46.1 Å². The van der Waals surface area contributed by atoms with Crippen LogP contribution in [0.25, 0.3) is 0 Å². The zero-order valence-electron chi connectivity index (χ0n) is 16.6. The molecule has 0 saturated carbocycles. The molecule has 1 unspecified atom stereocenters. The molecule has 1 aliphatic rings. The van der Waals surface area contributed by atoms with E-state index >= 15 is 0 Å². The summed E-state index contributed by atoms with van der Waals surface area (Å²) in [6, 6.07) is 4.71. The van der Waals surface area contributed by atoms with Crippen molar-refractivity contribution in [3.63, 3.8) is 0 Å². The number of anilines is 1. The number of piperazine rings is 1. The van der Waals surface area contributed by atoms with Gasteiger partial charge in [-0.15, -0.1) is 0 Å². The second kappa shape index (κ2) is 7.38. The van der Waals surface area contributed by atoms with Crippen LogP contribution in [0, 0.1) is 5.82 Å². The van der Waals surface area contributed by atoms with Gasteiger partial charge in [0.05, 0.1) is 11.7 Å². The molecule has 146 valence electrons. The van der Waals surface area contributed by atoms with Crippen molar-refractivity contribution in [3.05, 3.63) is 41.3 Å². The highest BCUT2D eigenvalue weighted by atomic mass is 19.1. The highest BCUT2D eigenvalue weighted by Gasteiger charge is 2.29. The third kappa shape index (κ3) is 4.18. The lowest BCUT2D eigenvalue weighted by Gasteiger charge is -2.38. The standard InChI is InChI=1S/C20H27FN4O2/c1-13(18-22-19(23-27-18)20(3,4)5)24-8-10-25(11-9-24)17-7-6-15(14(2)26)12-16(17)21/h6-7,12-13H,8-11H2,1-5H3. The molecule has 1 saturated heterocycles. The second-order valence-electron chi connectivity index (χ2n) is 8.13. The maximum absolute atomic E-state index is 14.4. The van der Waals surface area contributed by atoms with Gasteiger partial charge >= 0.3 is 0 Å². The highest BCUT2D eigenvalue weighted by molar-refractivity contribution is 5.94. The number of halogens is 1. The third-order valence-corrected chi connectivity index (χ3v) is 5.03. The normalized spacial score (nSPS) is 17.2. The van der Waals surface area contributed by atoms with Gasteiger partial charge in [0.15, 0.2) is 11.6 Å². The van der Waals surface area contributed by atoms with Crippen molar-refractivity contribution < 1.29 is 13.7 Å². The van der Waals surface area contributed by atoms with Crippen LogP contribution < -0.4 is 4.90 Å². The predicted molar refractivity (Wildman–Crippen MR) is 102 cm³/mol. The van der Waals surface area contributed by atoms with E-state index in [1.807, 2.05) is 4.90 Å². The molecule has 1 aromatic carbocycles. The van der Waals surface area contributed by atoms with Crippen LogP contribution in [0.4, 0.5) is 10.1 Å². The van der Waals surface area contributed by atoms with Gasteiger partial charge in [-0.1, -0.05) is 25.9 Å². The van der Waals surface area contributed by atoms with E-state index in [-0.39, 0.29) is 23.1 Å². The fraction of sp³-hybridized carbons (Fsp3) is 0.550. The fourth-order valence-electron chi connectivity index (χ4n) is 3.20. The molecule has 0 N–H and O–H groups in total. The van der Waals surface area contributed by atoms with Crippen LogP contribution in [-0.2, 0) is 5.41 Å². The van der Waals surface area contributed by atoms with E-state index in [0.717, 1.165) is 13.1 Å². The lowest BCUT2D eigenvalue weighted by molar-refractivity contribution is 0.101. The van der Waals surface area contributed by atoms with Gasteiger partial charge in [0, 0.05) is 37.2 Å². The Bertz CT molecular complexity index is 820. The van der Waals surface area contributed by atoms with Crippen LogP contribution in [0.5, 0.6) is 0 Å². The Morgan fingerprint density at radius 3 is 2.41 bits per heavy atom. The first-order chi connectivity index (χ1) is 12.7. The largest absolute Gasteiger partial charge is 0.367 e. The Labute approximate surface area is 159 Å². The zero-order chi connectivity index (χ0) is 19.8. The lowest BCUT2D eigenvalue weighted by Crippen LogP contribution is -2.47. The predicted octanol–water partition coefficient (Wildman–Crippen LogP) is 3.59. The summed E-state index contributed by atoms with van der Waals surface area (Å²) in [7, 11) is 0. The first-order valence-corrected chi connectivity index (χ1v) is 9.30. The van der Waals surface area contributed by atoms with Crippen LogP contribution >= 0.6 is 0 Å². The fourth-order valence-corrected chi connectivity index (χ4v) is 3.20. The second-order valence-corrected chi connectivity index (χ2v) is 8.13. The summed E-state index contributed by atoms with van der Waals surface area (Å²) in [5.74, 6) is 0.838. The van der Waals surface area contributed by atoms with Gasteiger partial charge < -0.3 is 9.42 Å². The number of benzene rings is 1. The summed E-state index contributed by atoms with van der Waals surface area (Å²) in [5, 5.41) is 4.10. The molecule has 1 atom stereocenters. The zero-order valence-corrected chi connectivity index (χ0v) is 16.6. The van der Waals surface area contributed by atoms with Crippen molar-refractivity contribution in [2.24, 2.45) is 0 Å². The van der Waals surface area contributed by atoms with Gasteiger partial charge in [0.1, 0.15) is 5.82 Å². The maximum atomic E-state index is 14.4. The number of rotatable bonds is 4. The van der Waals surface area contributed by atoms with Gasteiger partial charge in [-0.2, -0.15) is 4.98 Å². The summed E-state index contributed by atoms with van der Waals surface area (Å²) < 4.78 is 19.9. The van der Waals surface area contributed by atoms with Crippen LogP contribution in [0.2, 0.25) is 0 Å². The van der Waals surface area contributed by atoms with Crippen LogP contribution in [0.3, 0.4) is 0 Å². The Kier molecular flexibility index (Phi) is 5.33. The van der Waals surface area contributed by atoms with Crippen LogP contribution in [0.1, 0.15) is 62.7 Å². The Balaban J connectivity index is 1.65. The van der Waals surface area contributed by atoms with E-state index in [9.17, 15) is 9.18 Å². The van der Waals surface area contributed by atoms with Crippen molar-refractivity contribution in [1.29, 1.82) is 0 Å². The molecule has 0 spiro atoms. The molecule has 27 heavy (non-hydrogen) atoms. The minimum atomic E-state index is -0.351. The third-order valence-electron chi connectivity index (χ3n) is 5.03. The van der Waals surface area contributed by atoms with Gasteiger partial charge in [0.25, 0.3) is 0 Å². The average molecular weight is 374 g/mol. The number of aromatic nitrogens is 2. The van der Waals surface area contributed by atoms with E-state index in [1.54, 1.807) is 12.1 Å². The lowest BCUT2D eigenvalue weighted by atomic mass is 9.96. The SMILES string of the molecule is CC(=O)c1ccc(N2CCN(C(C)c3nc(C(C)(C)C)no3)CC2)c(F)c1. The monoisotopic (exact) mass is 374 g/mol. The molecule has 1 fully saturated rings. The molecule has 1 aromatic heterocycles. The summed E-state index contributed by atoms with van der Waals surface area (Å²) in [6.45, 7) is 12.6. The molecular weight excluding hydrogens is 347 g/mol. The number of ketones is 1. The maximum Gasteiger partial charge on any atom is 0.243 e. The Morgan fingerprint density at radius 2 is 1.89 bits per heavy atom. The molecular formula is C20H27FN4O2. The van der Waals surface area contributed by atoms with E-state index < -0.39 is 0 Å². The Morgan fingerprint density at radius 1 is 1.22 bits per heavy atom. The van der Waals surface area contributed by atoms with E-state index in [4.69, 9.17) is 4.52 Å². The molecule has 3 rings (SSSR count). The molecule has 1 aliphatic heterocycles. The first kappa shape index (κ1) is 19.5. The molecule has 2 aromatic rings. The molecule has 0 radical (unpaired) electrons.